The van der Waals surface area contributed by atoms with Gasteiger partial charge in [-0.05, 0) is 30.9 Å². The molecule has 4 nitrogen and oxygen atoms in total. The van der Waals surface area contributed by atoms with Crippen LogP contribution in [-0.2, 0) is 15.0 Å². The Labute approximate surface area is 142 Å². The summed E-state index contributed by atoms with van der Waals surface area (Å²) >= 11 is 0. The van der Waals surface area contributed by atoms with Crippen LogP contribution in [0.3, 0.4) is 0 Å². The highest BCUT2D eigenvalue weighted by atomic mass is 16.2. The number of carbonyl (C=O) groups is 2. The van der Waals surface area contributed by atoms with Crippen LogP contribution in [0.15, 0.2) is 42.0 Å². The molecule has 0 unspecified atom stereocenters. The molecule has 3 rings (SSSR count). The average molecular weight is 322 g/mol. The molecule has 1 aromatic rings. The summed E-state index contributed by atoms with van der Waals surface area (Å²) in [5, 5.41) is 9.49. The molecule has 2 atom stereocenters. The zero-order valence-electron chi connectivity index (χ0n) is 14.4. The number of nitriles is 1. The summed E-state index contributed by atoms with van der Waals surface area (Å²) in [6.45, 7) is 6.99. The third kappa shape index (κ3) is 2.04. The highest BCUT2D eigenvalue weighted by Gasteiger charge is 2.60. The molecule has 1 fully saturated rings. The molecule has 24 heavy (non-hydrogen) atoms. The van der Waals surface area contributed by atoms with E-state index in [0.29, 0.717) is 13.1 Å². The van der Waals surface area contributed by atoms with E-state index in [1.165, 1.54) is 0 Å². The van der Waals surface area contributed by atoms with Crippen LogP contribution in [0, 0.1) is 22.7 Å². The fraction of sp³-hybridized carbons (Fsp3) is 0.450. The fourth-order valence-corrected chi connectivity index (χ4v) is 4.42. The second-order valence-electron chi connectivity index (χ2n) is 7.18. The zero-order valence-corrected chi connectivity index (χ0v) is 14.4. The van der Waals surface area contributed by atoms with Gasteiger partial charge in [0.2, 0.25) is 5.91 Å². The van der Waals surface area contributed by atoms with Crippen molar-refractivity contribution in [2.45, 2.75) is 32.6 Å². The Morgan fingerprint density at radius 2 is 1.92 bits per heavy atom. The normalized spacial score (nSPS) is 28.8. The van der Waals surface area contributed by atoms with Crippen LogP contribution in [0.2, 0.25) is 0 Å². The Kier molecular flexibility index (Phi) is 3.83. The molecular formula is C20H22N2O2. The van der Waals surface area contributed by atoms with E-state index in [9.17, 15) is 14.9 Å². The fourth-order valence-electron chi connectivity index (χ4n) is 4.42. The second-order valence-corrected chi connectivity index (χ2v) is 7.18. The Morgan fingerprint density at radius 3 is 2.50 bits per heavy atom. The lowest BCUT2D eigenvalue weighted by atomic mass is 9.52. The molecule has 0 saturated carbocycles. The van der Waals surface area contributed by atoms with Crippen molar-refractivity contribution in [2.75, 3.05) is 13.1 Å². The van der Waals surface area contributed by atoms with Gasteiger partial charge in [-0.3, -0.25) is 9.59 Å². The first-order valence-corrected chi connectivity index (χ1v) is 8.42. The predicted molar refractivity (Wildman–Crippen MR) is 91.0 cm³/mol. The third-order valence-corrected chi connectivity index (χ3v) is 5.71. The number of benzene rings is 1. The smallest absolute Gasteiger partial charge is 0.237 e. The van der Waals surface area contributed by atoms with Crippen LogP contribution in [-0.4, -0.2) is 29.7 Å². The number of amides is 1. The number of Topliss-reactive ketones (excluding diaryl/α,β-unsaturated/α-hetero) is 1. The highest BCUT2D eigenvalue weighted by Crippen LogP contribution is 2.53. The molecule has 2 aliphatic rings. The molecule has 1 aromatic carbocycles. The van der Waals surface area contributed by atoms with Gasteiger partial charge in [0.25, 0.3) is 0 Å². The molecule has 1 heterocycles. The molecule has 1 amide bonds. The van der Waals surface area contributed by atoms with E-state index in [4.69, 9.17) is 0 Å². The minimum absolute atomic E-state index is 0.000718. The molecule has 4 heteroatoms. The van der Waals surface area contributed by atoms with E-state index in [2.05, 4.69) is 0 Å². The molecule has 0 bridgehead atoms. The second kappa shape index (κ2) is 5.59. The van der Waals surface area contributed by atoms with Gasteiger partial charge in [-0.1, -0.05) is 44.2 Å². The Hall–Kier alpha value is -2.41. The minimum atomic E-state index is -0.933. The third-order valence-electron chi connectivity index (χ3n) is 5.71. The first kappa shape index (κ1) is 16.4. The van der Waals surface area contributed by atoms with Crippen LogP contribution >= 0.6 is 0 Å². The van der Waals surface area contributed by atoms with Crippen LogP contribution in [0.4, 0.5) is 0 Å². The van der Waals surface area contributed by atoms with E-state index in [-0.39, 0.29) is 23.2 Å². The van der Waals surface area contributed by atoms with E-state index in [1.54, 1.807) is 6.08 Å². The van der Waals surface area contributed by atoms with Gasteiger partial charge in [-0.15, -0.1) is 0 Å². The molecule has 0 N–H and O–H groups in total. The summed E-state index contributed by atoms with van der Waals surface area (Å²) in [4.78, 5) is 28.0. The van der Waals surface area contributed by atoms with Crippen molar-refractivity contribution in [2.24, 2.45) is 11.3 Å². The van der Waals surface area contributed by atoms with Gasteiger partial charge in [-0.2, -0.15) is 5.26 Å². The van der Waals surface area contributed by atoms with E-state index >= 15 is 0 Å². The topological polar surface area (TPSA) is 61.2 Å². The van der Waals surface area contributed by atoms with Crippen molar-refractivity contribution in [3.63, 3.8) is 0 Å². The summed E-state index contributed by atoms with van der Waals surface area (Å²) in [6, 6.07) is 11.6. The van der Waals surface area contributed by atoms with E-state index in [1.807, 2.05) is 62.1 Å². The summed E-state index contributed by atoms with van der Waals surface area (Å²) in [5.41, 5.74) is -0.707. The molecule has 1 aliphatic carbocycles. The molecule has 1 saturated heterocycles. The van der Waals surface area contributed by atoms with Crippen molar-refractivity contribution in [3.05, 3.63) is 47.5 Å². The number of piperidine rings is 1. The summed E-state index contributed by atoms with van der Waals surface area (Å²) in [6.07, 6.45) is 2.40. The first-order chi connectivity index (χ1) is 11.4. The minimum Gasteiger partial charge on any atom is -0.342 e. The number of rotatable bonds is 2. The summed E-state index contributed by atoms with van der Waals surface area (Å²) in [7, 11) is 0. The Balaban J connectivity index is 2.33. The lowest BCUT2D eigenvalue weighted by Gasteiger charge is -2.53. The Bertz CT molecular complexity index is 758. The zero-order chi connectivity index (χ0) is 17.5. The highest BCUT2D eigenvalue weighted by molar-refractivity contribution is 6.08. The summed E-state index contributed by atoms with van der Waals surface area (Å²) < 4.78 is 0. The monoisotopic (exact) mass is 322 g/mol. The number of likely N-dealkylation sites (tertiary alicyclic amines) is 1. The SMILES string of the molecule is CCN1CC[C@H]2C(C)(C)C(=O)C(C#N)=C[C@@]2(c2ccccc2)C1=O. The maximum absolute atomic E-state index is 13.4. The number of allylic oxidation sites excluding steroid dienone is 1. The van der Waals surface area contributed by atoms with Crippen LogP contribution in [0.25, 0.3) is 0 Å². The van der Waals surface area contributed by atoms with E-state index in [0.717, 1.165) is 12.0 Å². The number of carbonyl (C=O) groups excluding carboxylic acids is 2. The van der Waals surface area contributed by atoms with Crippen LogP contribution in [0.1, 0.15) is 32.8 Å². The number of hydrogen-bond donors (Lipinski definition) is 0. The molecule has 1 aliphatic heterocycles. The van der Waals surface area contributed by atoms with E-state index < -0.39 is 10.8 Å². The van der Waals surface area contributed by atoms with Crippen molar-refractivity contribution in [1.82, 2.24) is 4.90 Å². The van der Waals surface area contributed by atoms with Gasteiger partial charge in [0.05, 0.1) is 11.0 Å². The number of nitrogens with zero attached hydrogens (tertiary/aromatic N) is 2. The lowest BCUT2D eigenvalue weighted by Crippen LogP contribution is -2.62. The lowest BCUT2D eigenvalue weighted by molar-refractivity contribution is -0.148. The first-order valence-electron chi connectivity index (χ1n) is 8.42. The van der Waals surface area contributed by atoms with Gasteiger partial charge in [0.1, 0.15) is 6.07 Å². The molecule has 0 radical (unpaired) electrons. The standard InChI is InChI=1S/C20H22N2O2/c1-4-22-11-10-16-19(2,3)17(23)14(13-21)12-20(16,18(22)24)15-8-6-5-7-9-15/h5-9,12,16H,4,10-11H2,1-3H3/t16-,20-/m0/s1. The quantitative estimate of drug-likeness (QED) is 0.841. The average Bonchev–Trinajstić information content (AvgIpc) is 2.60. The van der Waals surface area contributed by atoms with Crippen LogP contribution in [0.5, 0.6) is 0 Å². The van der Waals surface area contributed by atoms with Crippen molar-refractivity contribution in [3.8, 4) is 6.07 Å². The Morgan fingerprint density at radius 1 is 1.25 bits per heavy atom. The number of ketones is 1. The van der Waals surface area contributed by atoms with Gasteiger partial charge in [0, 0.05) is 18.5 Å². The molecule has 0 aromatic heterocycles. The van der Waals surface area contributed by atoms with Crippen molar-refractivity contribution >= 4 is 11.7 Å². The van der Waals surface area contributed by atoms with Gasteiger partial charge in [0.15, 0.2) is 5.78 Å². The summed E-state index contributed by atoms with van der Waals surface area (Å²) in [5.74, 6) is -0.299. The van der Waals surface area contributed by atoms with Gasteiger partial charge < -0.3 is 4.90 Å². The maximum atomic E-state index is 13.4. The molecule has 0 spiro atoms. The number of likely N-dealkylation sites (N-methyl/N-ethyl adjacent to an activating group) is 1. The van der Waals surface area contributed by atoms with Crippen molar-refractivity contribution < 1.29 is 9.59 Å². The molecular weight excluding hydrogens is 300 g/mol. The number of fused-ring (bicyclic) bond motifs is 1. The van der Waals surface area contributed by atoms with Gasteiger partial charge >= 0.3 is 0 Å². The van der Waals surface area contributed by atoms with Crippen molar-refractivity contribution in [1.29, 1.82) is 5.26 Å². The number of hydrogen-bond acceptors (Lipinski definition) is 3. The molecule has 124 valence electrons. The van der Waals surface area contributed by atoms with Crippen LogP contribution < -0.4 is 0 Å². The maximum Gasteiger partial charge on any atom is 0.237 e. The largest absolute Gasteiger partial charge is 0.342 e. The predicted octanol–water partition coefficient (Wildman–Crippen LogP) is 2.85. The van der Waals surface area contributed by atoms with Gasteiger partial charge in [-0.25, -0.2) is 0 Å².